The second-order valence-corrected chi connectivity index (χ2v) is 21.1. The molecule has 0 heterocycles. The highest BCUT2D eigenvalue weighted by molar-refractivity contribution is 5.45. The van der Waals surface area contributed by atoms with Gasteiger partial charge in [-0.05, 0) is 178 Å². The Bertz CT molecular complexity index is 4130. The molecular formula is C80H85F3N6O10. The minimum atomic E-state index is -4.61. The zero-order chi connectivity index (χ0) is 74.1. The van der Waals surface area contributed by atoms with Crippen LogP contribution in [-0.4, -0.2) is 41.0 Å². The largest absolute Gasteiger partial charge is 0.573 e. The van der Waals surface area contributed by atoms with E-state index in [0.717, 1.165) is 70.4 Å². The SMILES string of the molecule is CCOc1ccc(C)cc1.CCOc1cccc(C)c1.CCOc1ccccc1C.Cc1ccc([N+](=O)[O-])cc1.Cc1cccc(C#N)c1.Cc1cccc([N+](=O)[O-])c1.Cc1ccccc1C#N.Cc1ccccc1OC(F)(F)F.Cc1ccccc1[N+](=O)[O-].[C-]#[N+]c1ccc(C)cc1. The van der Waals surface area contributed by atoms with Gasteiger partial charge in [-0.3, -0.25) is 30.3 Å². The fourth-order valence-corrected chi connectivity index (χ4v) is 7.55. The molecule has 0 radical (unpaired) electrons. The number of ether oxygens (including phenoxy) is 4. The standard InChI is InChI=1S/3C9H12O.C8H7F3O.3C8H7N.3C7H7NO2/c1-3-10-9-6-4-8(2)5-7-9;1-3-10-9-6-4-5-8(2)7-9;1-3-10-9-7-5-4-6-8(9)2;1-6-4-2-3-5-7(6)12-8(9,10)11;1-7-3-5-8(9-2)6-4-7;1-7-3-2-4-8(5-7)6-9;1-7-4-2-3-5-8(7)6-9;1-6-2-4-7(5-3-6)8(9)10;1-6-3-2-4-7(5-6)8(9)10;1-6-4-2-3-5-7(6)8(9)10/h3*4-7H,3H2,1-2H3;2-5H,1H3;3-6H,1H3;2*2-5H,1H3;3*2-5H,1H3. The summed E-state index contributed by atoms with van der Waals surface area (Å²) in [7, 11) is 0. The first-order valence-corrected chi connectivity index (χ1v) is 31.0. The number of nitriles is 2. The van der Waals surface area contributed by atoms with E-state index in [9.17, 15) is 43.5 Å². The molecule has 0 aliphatic heterocycles. The Morgan fingerprint density at radius 2 is 0.828 bits per heavy atom. The molecule has 516 valence electrons. The maximum atomic E-state index is 11.7. The van der Waals surface area contributed by atoms with E-state index in [4.69, 9.17) is 31.3 Å². The van der Waals surface area contributed by atoms with E-state index in [2.05, 4.69) is 41.6 Å². The molecule has 0 bridgehead atoms. The number of benzene rings is 10. The van der Waals surface area contributed by atoms with Gasteiger partial charge in [-0.1, -0.05) is 174 Å². The van der Waals surface area contributed by atoms with Gasteiger partial charge in [0.15, 0.2) is 5.69 Å². The van der Waals surface area contributed by atoms with Crippen LogP contribution in [0.2, 0.25) is 0 Å². The lowest BCUT2D eigenvalue weighted by Crippen LogP contribution is -2.17. The molecule has 0 saturated carbocycles. The first-order chi connectivity index (χ1) is 47.1. The summed E-state index contributed by atoms with van der Waals surface area (Å²) < 4.78 is 54.7. The van der Waals surface area contributed by atoms with Gasteiger partial charge in [0.1, 0.15) is 23.0 Å². The molecule has 10 aromatic carbocycles. The van der Waals surface area contributed by atoms with Crippen molar-refractivity contribution in [3.63, 3.8) is 0 Å². The van der Waals surface area contributed by atoms with E-state index in [0.29, 0.717) is 16.8 Å². The third kappa shape index (κ3) is 39.4. The summed E-state index contributed by atoms with van der Waals surface area (Å²) >= 11 is 0. The number of alkyl halides is 3. The van der Waals surface area contributed by atoms with Crippen LogP contribution in [0, 0.1) is 129 Å². The van der Waals surface area contributed by atoms with Crippen LogP contribution >= 0.6 is 0 Å². The lowest BCUT2D eigenvalue weighted by molar-refractivity contribution is -0.385. The van der Waals surface area contributed by atoms with Gasteiger partial charge in [-0.2, -0.15) is 10.5 Å². The number of halogens is 3. The van der Waals surface area contributed by atoms with Crippen LogP contribution in [0.4, 0.5) is 35.9 Å². The van der Waals surface area contributed by atoms with Crippen LogP contribution in [0.15, 0.2) is 243 Å². The Morgan fingerprint density at radius 1 is 0.404 bits per heavy atom. The van der Waals surface area contributed by atoms with E-state index in [1.807, 2.05) is 202 Å². The summed E-state index contributed by atoms with van der Waals surface area (Å²) in [6.45, 7) is 33.9. The smallest absolute Gasteiger partial charge is 0.494 e. The van der Waals surface area contributed by atoms with Crippen molar-refractivity contribution in [1.82, 2.24) is 0 Å². The normalized spacial score (nSPS) is 9.34. The van der Waals surface area contributed by atoms with Gasteiger partial charge < -0.3 is 18.9 Å². The Morgan fingerprint density at radius 3 is 1.21 bits per heavy atom. The number of nitrogens with zero attached hydrogens (tertiary/aromatic N) is 6. The molecule has 0 aromatic heterocycles. The lowest BCUT2D eigenvalue weighted by Gasteiger charge is -2.10. The minimum absolute atomic E-state index is 0.144. The zero-order valence-corrected chi connectivity index (χ0v) is 58.1. The number of rotatable bonds is 10. The molecule has 10 aromatic rings. The monoisotopic (exact) mass is 1350 g/mol. The topological polar surface area (TPSA) is 218 Å². The van der Waals surface area contributed by atoms with Gasteiger partial charge in [0.05, 0.1) is 64.4 Å². The summed E-state index contributed by atoms with van der Waals surface area (Å²) in [5.41, 5.74) is 12.9. The van der Waals surface area contributed by atoms with Crippen molar-refractivity contribution in [3.8, 4) is 35.1 Å². The molecule has 16 nitrogen and oxygen atoms in total. The van der Waals surface area contributed by atoms with Crippen molar-refractivity contribution in [3.05, 3.63) is 351 Å². The molecule has 0 aliphatic carbocycles. The zero-order valence-electron chi connectivity index (χ0n) is 58.1. The number of hydrogen-bond acceptors (Lipinski definition) is 12. The van der Waals surface area contributed by atoms with Gasteiger partial charge in [-0.25, -0.2) is 4.85 Å². The van der Waals surface area contributed by atoms with Gasteiger partial charge in [0.2, 0.25) is 0 Å². The van der Waals surface area contributed by atoms with E-state index in [-0.39, 0.29) is 27.7 Å². The lowest BCUT2D eigenvalue weighted by atomic mass is 10.1. The highest BCUT2D eigenvalue weighted by Crippen LogP contribution is 2.25. The van der Waals surface area contributed by atoms with E-state index >= 15 is 0 Å². The maximum Gasteiger partial charge on any atom is 0.573 e. The molecular weight excluding hydrogens is 1260 g/mol. The second-order valence-electron chi connectivity index (χ2n) is 21.1. The number of hydrogen-bond donors (Lipinski definition) is 0. The predicted octanol–water partition coefficient (Wildman–Crippen LogP) is 22.1. The summed E-state index contributed by atoms with van der Waals surface area (Å²) in [5, 5.41) is 47.4. The van der Waals surface area contributed by atoms with Crippen LogP contribution in [-0.2, 0) is 0 Å². The maximum absolute atomic E-state index is 11.7. The molecule has 0 amide bonds. The molecule has 0 saturated heterocycles. The van der Waals surface area contributed by atoms with E-state index in [1.165, 1.54) is 58.7 Å². The molecule has 0 aliphatic rings. The molecule has 0 N–H and O–H groups in total. The Hall–Kier alpha value is -12.1. The van der Waals surface area contributed by atoms with Gasteiger partial charge in [0, 0.05) is 35.9 Å². The van der Waals surface area contributed by atoms with Crippen LogP contribution in [0.5, 0.6) is 23.0 Å². The average Bonchev–Trinajstić information content (AvgIpc) is 1.81. The summed E-state index contributed by atoms with van der Waals surface area (Å²) in [6, 6.07) is 76.5. The molecule has 0 fully saturated rings. The van der Waals surface area contributed by atoms with Crippen LogP contribution in [0.25, 0.3) is 4.85 Å². The highest BCUT2D eigenvalue weighted by atomic mass is 19.4. The van der Waals surface area contributed by atoms with Crippen molar-refractivity contribution in [2.45, 2.75) is 96.4 Å². The van der Waals surface area contributed by atoms with Crippen molar-refractivity contribution in [1.29, 1.82) is 10.5 Å². The van der Waals surface area contributed by atoms with Crippen molar-refractivity contribution in [2.24, 2.45) is 0 Å². The van der Waals surface area contributed by atoms with Gasteiger partial charge in [-0.15, -0.1) is 13.2 Å². The third-order valence-corrected chi connectivity index (χ3v) is 12.7. The third-order valence-electron chi connectivity index (χ3n) is 12.7. The van der Waals surface area contributed by atoms with Gasteiger partial charge in [0.25, 0.3) is 17.1 Å². The number of nitro groups is 3. The highest BCUT2D eigenvalue weighted by Gasteiger charge is 2.31. The van der Waals surface area contributed by atoms with E-state index < -0.39 is 16.2 Å². The molecule has 19 heteroatoms. The molecule has 0 spiro atoms. The summed E-state index contributed by atoms with van der Waals surface area (Å²) in [4.78, 5) is 32.6. The van der Waals surface area contributed by atoms with Crippen molar-refractivity contribution < 1.29 is 46.9 Å². The molecule has 0 unspecified atom stereocenters. The fourth-order valence-electron chi connectivity index (χ4n) is 7.55. The Kier molecular flexibility index (Phi) is 41.6. The number of para-hydroxylation sites is 3. The minimum Gasteiger partial charge on any atom is -0.494 e. The molecule has 10 rings (SSSR count). The second kappa shape index (κ2) is 48.5. The van der Waals surface area contributed by atoms with Crippen molar-refractivity contribution >= 4 is 22.7 Å². The van der Waals surface area contributed by atoms with Crippen LogP contribution < -0.4 is 18.9 Å². The predicted molar refractivity (Wildman–Crippen MR) is 388 cm³/mol. The van der Waals surface area contributed by atoms with Gasteiger partial charge >= 0.3 is 6.36 Å². The number of aryl methyl sites for hydroxylation is 10. The quantitative estimate of drug-likeness (QED) is 0.0709. The Labute approximate surface area is 580 Å². The van der Waals surface area contributed by atoms with E-state index in [1.54, 1.807) is 74.5 Å². The number of non-ortho nitro benzene ring substituents is 2. The first kappa shape index (κ1) is 84.9. The number of nitro benzene ring substituents is 3. The molecule has 0 atom stereocenters. The van der Waals surface area contributed by atoms with Crippen LogP contribution in [0.1, 0.15) is 87.5 Å². The fraction of sp³-hybridized carbons (Fsp3) is 0.212. The summed E-state index contributed by atoms with van der Waals surface area (Å²) in [6.07, 6.45) is -4.61. The van der Waals surface area contributed by atoms with Crippen LogP contribution in [0.3, 0.4) is 0 Å². The first-order valence-electron chi connectivity index (χ1n) is 31.0. The van der Waals surface area contributed by atoms with Crippen molar-refractivity contribution in [2.75, 3.05) is 19.8 Å². The average molecular weight is 1350 g/mol. The molecule has 99 heavy (non-hydrogen) atoms. The Balaban J connectivity index is 0.000000550. The summed E-state index contributed by atoms with van der Waals surface area (Å²) in [5.74, 6) is 2.76.